The largest absolute Gasteiger partial charge is 0.452 e. The number of esters is 1. The van der Waals surface area contributed by atoms with E-state index in [-0.39, 0.29) is 16.3 Å². The van der Waals surface area contributed by atoms with E-state index in [1.54, 1.807) is 0 Å². The first-order valence-electron chi connectivity index (χ1n) is 7.83. The molecule has 1 N–H and O–H groups in total. The lowest BCUT2D eigenvalue weighted by Crippen LogP contribution is -2.22. The second kappa shape index (κ2) is 9.20. The summed E-state index contributed by atoms with van der Waals surface area (Å²) in [5.74, 6) is -1.94. The third-order valence-electron chi connectivity index (χ3n) is 3.43. The molecular formula is C18H12ClF3N2O5. The number of halogens is 4. The highest BCUT2D eigenvalue weighted by Gasteiger charge is 2.33. The Morgan fingerprint density at radius 1 is 1.21 bits per heavy atom. The first kappa shape index (κ1) is 21.9. The maximum Gasteiger partial charge on any atom is 0.418 e. The van der Waals surface area contributed by atoms with Gasteiger partial charge in [0.15, 0.2) is 6.61 Å². The number of nitrogens with zero attached hydrogens (tertiary/aromatic N) is 1. The molecule has 2 rings (SSSR count). The van der Waals surface area contributed by atoms with Crippen molar-refractivity contribution in [2.75, 3.05) is 11.9 Å². The summed E-state index contributed by atoms with van der Waals surface area (Å²) in [5.41, 5.74) is -1.58. The number of hydrogen-bond donors (Lipinski definition) is 1. The van der Waals surface area contributed by atoms with Crippen molar-refractivity contribution >= 4 is 40.9 Å². The fraction of sp³-hybridized carbons (Fsp3) is 0.111. The Kier molecular flexibility index (Phi) is 6.94. The van der Waals surface area contributed by atoms with Crippen LogP contribution in [0.3, 0.4) is 0 Å². The van der Waals surface area contributed by atoms with Gasteiger partial charge in [0.25, 0.3) is 11.6 Å². The number of nitrogens with one attached hydrogen (secondary N) is 1. The van der Waals surface area contributed by atoms with Crippen LogP contribution in [0.15, 0.2) is 48.5 Å². The molecule has 11 heteroatoms. The molecule has 0 aromatic heterocycles. The van der Waals surface area contributed by atoms with Crippen molar-refractivity contribution in [1.29, 1.82) is 0 Å². The number of carbonyl (C=O) groups excluding carboxylic acids is 2. The highest BCUT2D eigenvalue weighted by Crippen LogP contribution is 2.34. The molecule has 1 amide bonds. The molecule has 0 atom stereocenters. The Morgan fingerprint density at radius 2 is 1.90 bits per heavy atom. The Morgan fingerprint density at radius 3 is 2.55 bits per heavy atom. The number of alkyl halides is 3. The molecule has 0 fully saturated rings. The van der Waals surface area contributed by atoms with E-state index in [1.807, 2.05) is 5.32 Å². The topological polar surface area (TPSA) is 98.5 Å². The molecule has 2 aromatic rings. The highest BCUT2D eigenvalue weighted by molar-refractivity contribution is 6.32. The van der Waals surface area contributed by atoms with Gasteiger partial charge in [0.2, 0.25) is 0 Å². The first-order chi connectivity index (χ1) is 13.6. The van der Waals surface area contributed by atoms with Crippen LogP contribution in [-0.4, -0.2) is 23.4 Å². The van der Waals surface area contributed by atoms with Crippen molar-refractivity contribution in [1.82, 2.24) is 0 Å². The van der Waals surface area contributed by atoms with Crippen LogP contribution in [-0.2, 0) is 20.5 Å². The number of hydrogen-bond acceptors (Lipinski definition) is 5. The summed E-state index contributed by atoms with van der Waals surface area (Å²) >= 11 is 5.67. The molecule has 2 aromatic carbocycles. The minimum absolute atomic E-state index is 0.0782. The Bertz CT molecular complexity index is 976. The van der Waals surface area contributed by atoms with E-state index in [4.69, 9.17) is 11.6 Å². The summed E-state index contributed by atoms with van der Waals surface area (Å²) in [6, 6.07) is 8.17. The molecule has 0 saturated carbocycles. The number of benzene rings is 2. The van der Waals surface area contributed by atoms with Crippen molar-refractivity contribution in [3.63, 3.8) is 0 Å². The summed E-state index contributed by atoms with van der Waals surface area (Å²) in [6.07, 6.45) is -2.56. The minimum Gasteiger partial charge on any atom is -0.452 e. The fourth-order valence-corrected chi connectivity index (χ4v) is 2.33. The molecule has 152 valence electrons. The van der Waals surface area contributed by atoms with Crippen LogP contribution in [0.1, 0.15) is 11.1 Å². The third-order valence-corrected chi connectivity index (χ3v) is 3.75. The van der Waals surface area contributed by atoms with Crippen LogP contribution >= 0.6 is 11.6 Å². The zero-order chi connectivity index (χ0) is 21.6. The SMILES string of the molecule is O=C(COC(=O)/C=C/c1ccc(Cl)c([N+](=O)[O-])c1)Nc1ccccc1C(F)(F)F. The van der Waals surface area contributed by atoms with E-state index in [0.29, 0.717) is 0 Å². The van der Waals surface area contributed by atoms with Crippen LogP contribution in [0.5, 0.6) is 0 Å². The van der Waals surface area contributed by atoms with Crippen molar-refractivity contribution in [3.05, 3.63) is 74.8 Å². The van der Waals surface area contributed by atoms with Crippen molar-refractivity contribution in [3.8, 4) is 0 Å². The number of rotatable bonds is 6. The third kappa shape index (κ3) is 6.32. The van der Waals surface area contributed by atoms with E-state index in [9.17, 15) is 32.9 Å². The fourth-order valence-electron chi connectivity index (χ4n) is 2.15. The zero-order valence-electron chi connectivity index (χ0n) is 14.4. The Hall–Kier alpha value is -3.40. The Balaban J connectivity index is 1.95. The predicted molar refractivity (Wildman–Crippen MR) is 98.2 cm³/mol. The number of para-hydroxylation sites is 1. The number of ether oxygens (including phenoxy) is 1. The van der Waals surface area contributed by atoms with Gasteiger partial charge in [-0.25, -0.2) is 4.79 Å². The monoisotopic (exact) mass is 428 g/mol. The average molecular weight is 429 g/mol. The van der Waals surface area contributed by atoms with Gasteiger partial charge in [-0.15, -0.1) is 0 Å². The van der Waals surface area contributed by atoms with Crippen LogP contribution in [0, 0.1) is 10.1 Å². The van der Waals surface area contributed by atoms with Gasteiger partial charge in [-0.3, -0.25) is 14.9 Å². The molecule has 0 bridgehead atoms. The minimum atomic E-state index is -4.66. The normalized spacial score (nSPS) is 11.3. The number of anilines is 1. The summed E-state index contributed by atoms with van der Waals surface area (Å²) in [5, 5.41) is 12.8. The molecule has 29 heavy (non-hydrogen) atoms. The molecule has 0 aliphatic rings. The summed E-state index contributed by atoms with van der Waals surface area (Å²) < 4.78 is 43.3. The van der Waals surface area contributed by atoms with Crippen molar-refractivity contribution in [2.24, 2.45) is 0 Å². The first-order valence-corrected chi connectivity index (χ1v) is 8.20. The van der Waals surface area contributed by atoms with Crippen molar-refractivity contribution in [2.45, 2.75) is 6.18 Å². The summed E-state index contributed by atoms with van der Waals surface area (Å²) in [4.78, 5) is 33.5. The zero-order valence-corrected chi connectivity index (χ0v) is 15.2. The van der Waals surface area contributed by atoms with Gasteiger partial charge < -0.3 is 10.1 Å². The number of amides is 1. The van der Waals surface area contributed by atoms with Gasteiger partial charge in [0, 0.05) is 12.1 Å². The molecule has 0 saturated heterocycles. The van der Waals surface area contributed by atoms with Crippen LogP contribution < -0.4 is 5.32 Å². The lowest BCUT2D eigenvalue weighted by molar-refractivity contribution is -0.384. The van der Waals surface area contributed by atoms with Gasteiger partial charge in [-0.2, -0.15) is 13.2 Å². The van der Waals surface area contributed by atoms with Crippen LogP contribution in [0.2, 0.25) is 5.02 Å². The maximum absolute atomic E-state index is 12.9. The average Bonchev–Trinajstić information content (AvgIpc) is 2.65. The highest BCUT2D eigenvalue weighted by atomic mass is 35.5. The quantitative estimate of drug-likeness (QED) is 0.317. The smallest absolute Gasteiger partial charge is 0.418 e. The van der Waals surface area contributed by atoms with Crippen LogP contribution in [0.25, 0.3) is 6.08 Å². The molecular weight excluding hydrogens is 417 g/mol. The van der Waals surface area contributed by atoms with E-state index >= 15 is 0 Å². The number of carbonyl (C=O) groups is 2. The molecule has 0 radical (unpaired) electrons. The second-order valence-electron chi connectivity index (χ2n) is 5.50. The molecule has 0 aliphatic carbocycles. The predicted octanol–water partition coefficient (Wildman–Crippen LogP) is 4.46. The molecule has 7 nitrogen and oxygen atoms in total. The molecule has 0 unspecified atom stereocenters. The van der Waals surface area contributed by atoms with E-state index in [0.717, 1.165) is 24.3 Å². The second-order valence-corrected chi connectivity index (χ2v) is 5.91. The number of nitro benzene ring substituents is 1. The maximum atomic E-state index is 12.9. The van der Waals surface area contributed by atoms with E-state index in [1.165, 1.54) is 30.3 Å². The molecule has 0 aliphatic heterocycles. The van der Waals surface area contributed by atoms with Gasteiger partial charge in [-0.1, -0.05) is 29.8 Å². The standard InChI is InChI=1S/C18H12ClF3N2O5/c19-13-7-5-11(9-15(13)24(27)28)6-8-17(26)29-10-16(25)23-14-4-2-1-3-12(14)18(20,21)22/h1-9H,10H2,(H,23,25)/b8-6+. The molecule has 0 spiro atoms. The lowest BCUT2D eigenvalue weighted by atomic mass is 10.1. The van der Waals surface area contributed by atoms with Gasteiger partial charge in [-0.05, 0) is 29.8 Å². The van der Waals surface area contributed by atoms with Crippen molar-refractivity contribution < 1.29 is 32.4 Å². The lowest BCUT2D eigenvalue weighted by Gasteiger charge is -2.13. The van der Waals surface area contributed by atoms with Gasteiger partial charge >= 0.3 is 12.1 Å². The summed E-state index contributed by atoms with van der Waals surface area (Å²) in [7, 11) is 0. The van der Waals surface area contributed by atoms with E-state index in [2.05, 4.69) is 4.74 Å². The number of nitro groups is 1. The summed E-state index contributed by atoms with van der Waals surface area (Å²) in [6.45, 7) is -0.823. The van der Waals surface area contributed by atoms with Crippen LogP contribution in [0.4, 0.5) is 24.5 Å². The Labute approximate surface area is 166 Å². The van der Waals surface area contributed by atoms with Gasteiger partial charge in [0.05, 0.1) is 16.2 Å². The van der Waals surface area contributed by atoms with Gasteiger partial charge in [0.1, 0.15) is 5.02 Å². The molecule has 0 heterocycles. The van der Waals surface area contributed by atoms with E-state index < -0.39 is 40.8 Å².